The first kappa shape index (κ1) is 39.2. The van der Waals surface area contributed by atoms with Crippen molar-refractivity contribution in [3.8, 4) is 39.1 Å². The SMILES string of the molecule is c1ccc(-n2c3ccccc3c3ccc(-c4ccc(N(c5cccc(-c6ccc7c(c6)oc6ccccc67)c5)c5ccccc5-c5cccc6cccc(C7CCCCC7)c56)cc4)cc32)cc1. The maximum Gasteiger partial charge on any atom is 0.136 e. The minimum Gasteiger partial charge on any atom is -0.456 e. The zero-order valence-corrected chi connectivity index (χ0v) is 37.3. The van der Waals surface area contributed by atoms with Gasteiger partial charge in [0, 0.05) is 44.2 Å². The normalized spacial score (nSPS) is 13.3. The second-order valence-corrected chi connectivity index (χ2v) is 18.3. The first-order chi connectivity index (χ1) is 33.2. The second-order valence-electron chi connectivity index (χ2n) is 18.3. The molecule has 2 heterocycles. The number of hydrogen-bond donors (Lipinski definition) is 0. The molecule has 0 spiro atoms. The summed E-state index contributed by atoms with van der Waals surface area (Å²) in [6.07, 6.45) is 6.44. The van der Waals surface area contributed by atoms with Crippen LogP contribution < -0.4 is 4.90 Å². The number of anilines is 3. The van der Waals surface area contributed by atoms with Crippen LogP contribution in [0.15, 0.2) is 229 Å². The van der Waals surface area contributed by atoms with E-state index in [1.54, 1.807) is 0 Å². The smallest absolute Gasteiger partial charge is 0.136 e. The Kier molecular flexibility index (Phi) is 9.60. The van der Waals surface area contributed by atoms with Crippen molar-refractivity contribution in [3.05, 3.63) is 230 Å². The molecule has 2 aromatic heterocycles. The first-order valence-electron chi connectivity index (χ1n) is 23.9. The Morgan fingerprint density at radius 3 is 1.91 bits per heavy atom. The third-order valence-electron chi connectivity index (χ3n) is 14.4. The van der Waals surface area contributed by atoms with E-state index >= 15 is 0 Å². The maximum absolute atomic E-state index is 6.39. The minimum absolute atomic E-state index is 0.573. The third kappa shape index (κ3) is 6.81. The van der Waals surface area contributed by atoms with Crippen molar-refractivity contribution in [1.29, 1.82) is 0 Å². The molecular weight excluding hydrogens is 813 g/mol. The topological polar surface area (TPSA) is 21.3 Å². The zero-order chi connectivity index (χ0) is 44.3. The molecule has 3 nitrogen and oxygen atoms in total. The predicted molar refractivity (Wildman–Crippen MR) is 282 cm³/mol. The summed E-state index contributed by atoms with van der Waals surface area (Å²) >= 11 is 0. The Bertz CT molecular complexity index is 3790. The van der Waals surface area contributed by atoms with E-state index in [9.17, 15) is 0 Å². The molecule has 0 aliphatic heterocycles. The van der Waals surface area contributed by atoms with Gasteiger partial charge in [0.2, 0.25) is 0 Å². The second kappa shape index (κ2) is 16.4. The Morgan fingerprint density at radius 2 is 1.04 bits per heavy atom. The van der Waals surface area contributed by atoms with Crippen molar-refractivity contribution < 1.29 is 4.42 Å². The van der Waals surface area contributed by atoms with Gasteiger partial charge in [-0.25, -0.2) is 0 Å². The van der Waals surface area contributed by atoms with Crippen molar-refractivity contribution in [2.45, 2.75) is 38.0 Å². The fourth-order valence-electron chi connectivity index (χ4n) is 11.2. The van der Waals surface area contributed by atoms with Crippen LogP contribution in [0.4, 0.5) is 17.1 Å². The summed E-state index contributed by atoms with van der Waals surface area (Å²) in [4.78, 5) is 2.46. The predicted octanol–water partition coefficient (Wildman–Crippen LogP) is 18.4. The molecule has 320 valence electrons. The van der Waals surface area contributed by atoms with Gasteiger partial charge >= 0.3 is 0 Å². The van der Waals surface area contributed by atoms with E-state index in [2.05, 4.69) is 222 Å². The molecular formula is C64H48N2O. The summed E-state index contributed by atoms with van der Waals surface area (Å²) < 4.78 is 8.78. The van der Waals surface area contributed by atoms with E-state index in [0.717, 1.165) is 55.8 Å². The van der Waals surface area contributed by atoms with Crippen LogP contribution in [-0.4, -0.2) is 4.57 Å². The van der Waals surface area contributed by atoms with E-state index in [1.807, 2.05) is 12.1 Å². The van der Waals surface area contributed by atoms with E-state index in [-0.39, 0.29) is 0 Å². The molecule has 1 fully saturated rings. The number of nitrogens with zero attached hydrogens (tertiary/aromatic N) is 2. The fourth-order valence-corrected chi connectivity index (χ4v) is 11.2. The van der Waals surface area contributed by atoms with Crippen molar-refractivity contribution >= 4 is 71.6 Å². The lowest BCUT2D eigenvalue weighted by Crippen LogP contribution is -2.11. The molecule has 0 unspecified atom stereocenters. The van der Waals surface area contributed by atoms with Gasteiger partial charge in [-0.3, -0.25) is 0 Å². The van der Waals surface area contributed by atoms with Crippen molar-refractivity contribution in [3.63, 3.8) is 0 Å². The van der Waals surface area contributed by atoms with Crippen LogP contribution in [0.3, 0.4) is 0 Å². The highest BCUT2D eigenvalue weighted by Gasteiger charge is 2.23. The number of aromatic nitrogens is 1. The van der Waals surface area contributed by atoms with Gasteiger partial charge in [0.25, 0.3) is 0 Å². The van der Waals surface area contributed by atoms with E-state index < -0.39 is 0 Å². The number of benzene rings is 10. The summed E-state index contributed by atoms with van der Waals surface area (Å²) in [6.45, 7) is 0. The number of para-hydroxylation sites is 4. The van der Waals surface area contributed by atoms with Gasteiger partial charge < -0.3 is 13.9 Å². The molecule has 0 radical (unpaired) electrons. The Morgan fingerprint density at radius 1 is 0.403 bits per heavy atom. The van der Waals surface area contributed by atoms with Crippen LogP contribution >= 0.6 is 0 Å². The Labute approximate surface area is 390 Å². The van der Waals surface area contributed by atoms with Crippen LogP contribution in [0, 0.1) is 0 Å². The summed E-state index contributed by atoms with van der Waals surface area (Å²) in [6, 6.07) is 82.3. The molecule has 0 bridgehead atoms. The monoisotopic (exact) mass is 860 g/mol. The van der Waals surface area contributed by atoms with E-state index in [0.29, 0.717) is 5.92 Å². The van der Waals surface area contributed by atoms with Gasteiger partial charge in [-0.1, -0.05) is 171 Å². The molecule has 0 N–H and O–H groups in total. The lowest BCUT2D eigenvalue weighted by Gasteiger charge is -2.29. The molecule has 0 saturated heterocycles. The average molecular weight is 861 g/mol. The number of fused-ring (bicyclic) bond motifs is 7. The lowest BCUT2D eigenvalue weighted by molar-refractivity contribution is 0.445. The van der Waals surface area contributed by atoms with Crippen LogP contribution in [0.25, 0.3) is 93.6 Å². The summed E-state index contributed by atoms with van der Waals surface area (Å²) in [7, 11) is 0. The minimum atomic E-state index is 0.573. The number of hydrogen-bond acceptors (Lipinski definition) is 2. The molecule has 1 saturated carbocycles. The highest BCUT2D eigenvalue weighted by Crippen LogP contribution is 2.47. The molecule has 1 aliphatic carbocycles. The summed E-state index contributed by atoms with van der Waals surface area (Å²) in [5.74, 6) is 0.573. The van der Waals surface area contributed by atoms with Gasteiger partial charge in [0.1, 0.15) is 11.2 Å². The fraction of sp³-hybridized carbons (Fsp3) is 0.0938. The molecule has 0 amide bonds. The number of furan rings is 1. The van der Waals surface area contributed by atoms with E-state index in [4.69, 9.17) is 4.42 Å². The van der Waals surface area contributed by atoms with Crippen LogP contribution in [0.1, 0.15) is 43.6 Å². The molecule has 13 rings (SSSR count). The van der Waals surface area contributed by atoms with Crippen molar-refractivity contribution in [2.75, 3.05) is 4.90 Å². The Hall–Kier alpha value is -8.14. The molecule has 67 heavy (non-hydrogen) atoms. The third-order valence-corrected chi connectivity index (χ3v) is 14.4. The summed E-state index contributed by atoms with van der Waals surface area (Å²) in [5.41, 5.74) is 17.3. The highest BCUT2D eigenvalue weighted by molar-refractivity contribution is 6.10. The van der Waals surface area contributed by atoms with Gasteiger partial charge in [-0.15, -0.1) is 0 Å². The molecule has 10 aromatic carbocycles. The van der Waals surface area contributed by atoms with Crippen molar-refractivity contribution in [1.82, 2.24) is 4.57 Å². The van der Waals surface area contributed by atoms with Crippen LogP contribution in [0.5, 0.6) is 0 Å². The molecule has 1 aliphatic rings. The van der Waals surface area contributed by atoms with Crippen LogP contribution in [-0.2, 0) is 0 Å². The average Bonchev–Trinajstić information content (AvgIpc) is 3.94. The number of rotatable bonds is 8. The van der Waals surface area contributed by atoms with Crippen LogP contribution in [0.2, 0.25) is 0 Å². The standard InChI is InChI=1S/C64H48N2O/c1-3-16-44(17-4-1)52-27-14-18-45-19-15-28-58(64(45)52)54-25-8-10-29-59(54)65(51-23-13-20-46(40-51)48-35-39-57-56-26-9-12-31-62(56)67-63(57)42-48)50-36-32-43(33-37-50)47-34-38-55-53-24-7-11-30-60(53)66(61(55)41-47)49-21-5-2-6-22-49/h2,5-15,18-42,44H,1,3-4,16-17H2. The maximum atomic E-state index is 6.39. The van der Waals surface area contributed by atoms with Gasteiger partial charge in [0.15, 0.2) is 0 Å². The first-order valence-corrected chi connectivity index (χ1v) is 23.9. The van der Waals surface area contributed by atoms with E-state index in [1.165, 1.54) is 92.5 Å². The van der Waals surface area contributed by atoms with Gasteiger partial charge in [0.05, 0.1) is 16.7 Å². The largest absolute Gasteiger partial charge is 0.456 e. The van der Waals surface area contributed by atoms with Gasteiger partial charge in [-0.05, 0) is 136 Å². The van der Waals surface area contributed by atoms with Gasteiger partial charge in [-0.2, -0.15) is 0 Å². The summed E-state index contributed by atoms with van der Waals surface area (Å²) in [5, 5.41) is 7.47. The Balaban J connectivity index is 0.967. The zero-order valence-electron chi connectivity index (χ0n) is 37.3. The lowest BCUT2D eigenvalue weighted by atomic mass is 9.80. The molecule has 3 heteroatoms. The highest BCUT2D eigenvalue weighted by atomic mass is 16.3. The van der Waals surface area contributed by atoms with Crippen molar-refractivity contribution in [2.24, 2.45) is 0 Å². The quantitative estimate of drug-likeness (QED) is 0.152. The molecule has 12 aromatic rings. The molecule has 0 atom stereocenters.